The van der Waals surface area contributed by atoms with E-state index in [9.17, 15) is 4.79 Å². The molecular formula is C18H20N2O3S. The Bertz CT molecular complexity index is 678. The molecule has 1 fully saturated rings. The van der Waals surface area contributed by atoms with E-state index in [0.29, 0.717) is 13.2 Å². The molecular weight excluding hydrogens is 324 g/mol. The van der Waals surface area contributed by atoms with E-state index in [1.807, 2.05) is 54.6 Å². The number of hydrogen-bond donors (Lipinski definition) is 3. The Labute approximate surface area is 146 Å². The maximum Gasteiger partial charge on any atom is 0.255 e. The Morgan fingerprint density at radius 1 is 1.17 bits per heavy atom. The first-order valence-corrected chi connectivity index (χ1v) is 8.33. The van der Waals surface area contributed by atoms with Crippen LogP contribution in [0.2, 0.25) is 0 Å². The fourth-order valence-electron chi connectivity index (χ4n) is 2.96. The van der Waals surface area contributed by atoms with Crippen LogP contribution in [0.4, 0.5) is 5.69 Å². The summed E-state index contributed by atoms with van der Waals surface area (Å²) in [5.74, 6) is -1.01. The summed E-state index contributed by atoms with van der Waals surface area (Å²) in [7, 11) is 0. The maximum absolute atomic E-state index is 12.2. The summed E-state index contributed by atoms with van der Waals surface area (Å²) in [5.41, 5.74) is 4.46. The summed E-state index contributed by atoms with van der Waals surface area (Å²) in [6.07, 6.45) is 0. The molecule has 0 aliphatic carbocycles. The zero-order valence-corrected chi connectivity index (χ0v) is 14.0. The largest absolute Gasteiger partial charge is 0.377 e. The Morgan fingerprint density at radius 3 is 2.46 bits per heavy atom. The van der Waals surface area contributed by atoms with E-state index in [4.69, 9.17) is 9.94 Å². The van der Waals surface area contributed by atoms with Crippen molar-refractivity contribution in [1.82, 2.24) is 5.48 Å². The van der Waals surface area contributed by atoms with Gasteiger partial charge in [-0.1, -0.05) is 42.5 Å². The number of carbonyl (C=O) groups excluding carboxylic acids is 1. The van der Waals surface area contributed by atoms with Crippen LogP contribution in [0.15, 0.2) is 54.6 Å². The van der Waals surface area contributed by atoms with Crippen LogP contribution in [0, 0.1) is 0 Å². The number of thiol groups is 1. The van der Waals surface area contributed by atoms with Gasteiger partial charge in [-0.15, -0.1) is 0 Å². The van der Waals surface area contributed by atoms with Gasteiger partial charge in [0.15, 0.2) is 0 Å². The quantitative estimate of drug-likeness (QED) is 0.453. The van der Waals surface area contributed by atoms with Gasteiger partial charge in [-0.3, -0.25) is 10.0 Å². The topological polar surface area (TPSA) is 61.8 Å². The number of hydrogen-bond acceptors (Lipinski definition) is 5. The van der Waals surface area contributed by atoms with Gasteiger partial charge in [0, 0.05) is 12.2 Å². The number of morpholine rings is 1. The van der Waals surface area contributed by atoms with Gasteiger partial charge in [0.25, 0.3) is 5.91 Å². The molecule has 0 spiro atoms. The maximum atomic E-state index is 12.2. The van der Waals surface area contributed by atoms with E-state index in [2.05, 4.69) is 17.5 Å². The van der Waals surface area contributed by atoms with Crippen LogP contribution in [0.25, 0.3) is 0 Å². The molecule has 2 unspecified atom stereocenters. The second-order valence-corrected chi connectivity index (χ2v) is 6.26. The third kappa shape index (κ3) is 3.56. The first-order valence-electron chi connectivity index (χ1n) is 7.82. The smallest absolute Gasteiger partial charge is 0.255 e. The van der Waals surface area contributed by atoms with Gasteiger partial charge in [0.2, 0.25) is 0 Å². The number of carbonyl (C=O) groups is 1. The molecule has 24 heavy (non-hydrogen) atoms. The van der Waals surface area contributed by atoms with Gasteiger partial charge in [-0.25, -0.2) is 5.48 Å². The van der Waals surface area contributed by atoms with Gasteiger partial charge in [-0.05, 0) is 23.3 Å². The van der Waals surface area contributed by atoms with Crippen LogP contribution in [0.3, 0.4) is 0 Å². The summed E-state index contributed by atoms with van der Waals surface area (Å²) < 4.78 is 5.40. The van der Waals surface area contributed by atoms with Gasteiger partial charge in [0.1, 0.15) is 0 Å². The van der Waals surface area contributed by atoms with Crippen LogP contribution in [0.1, 0.15) is 17.0 Å². The molecule has 5 nitrogen and oxygen atoms in total. The highest BCUT2D eigenvalue weighted by atomic mass is 32.1. The summed E-state index contributed by atoms with van der Waals surface area (Å²) in [6.45, 7) is 2.05. The number of rotatable bonds is 4. The van der Waals surface area contributed by atoms with E-state index in [1.54, 1.807) is 5.48 Å². The highest BCUT2D eigenvalue weighted by Crippen LogP contribution is 2.28. The lowest BCUT2D eigenvalue weighted by Gasteiger charge is -2.34. The third-order valence-electron chi connectivity index (χ3n) is 4.17. The third-order valence-corrected chi connectivity index (χ3v) is 4.59. The SMILES string of the molecule is O=C(NO)C(c1ccccc1)c1ccc(N2CCOCC2S)cc1. The van der Waals surface area contributed by atoms with Crippen molar-refractivity contribution in [2.24, 2.45) is 0 Å². The molecule has 1 heterocycles. The van der Waals surface area contributed by atoms with E-state index in [-0.39, 0.29) is 5.37 Å². The lowest BCUT2D eigenvalue weighted by atomic mass is 9.90. The minimum absolute atomic E-state index is 0.0234. The van der Waals surface area contributed by atoms with E-state index in [0.717, 1.165) is 23.4 Å². The number of anilines is 1. The molecule has 3 rings (SSSR count). The van der Waals surface area contributed by atoms with E-state index >= 15 is 0 Å². The molecule has 2 atom stereocenters. The van der Waals surface area contributed by atoms with Crippen LogP contribution in [0.5, 0.6) is 0 Å². The molecule has 2 aromatic rings. The molecule has 126 valence electrons. The highest BCUT2D eigenvalue weighted by molar-refractivity contribution is 7.81. The fourth-order valence-corrected chi connectivity index (χ4v) is 3.31. The average molecular weight is 344 g/mol. The molecule has 2 N–H and O–H groups in total. The van der Waals surface area contributed by atoms with E-state index < -0.39 is 11.8 Å². The standard InChI is InChI=1S/C18H20N2O3S/c21-18(19-22)17(13-4-2-1-3-5-13)14-6-8-15(9-7-14)20-10-11-23-12-16(20)24/h1-9,16-17,22,24H,10-12H2,(H,19,21). The number of benzene rings is 2. The number of nitrogens with zero attached hydrogens (tertiary/aromatic N) is 1. The lowest BCUT2D eigenvalue weighted by Crippen LogP contribution is -2.42. The van der Waals surface area contributed by atoms with Gasteiger partial charge >= 0.3 is 0 Å². The van der Waals surface area contributed by atoms with Crippen molar-refractivity contribution in [3.8, 4) is 0 Å². The number of hydroxylamine groups is 1. The molecule has 0 saturated carbocycles. The summed E-state index contributed by atoms with van der Waals surface area (Å²) in [5, 5.41) is 9.11. The first kappa shape index (κ1) is 16.8. The van der Waals surface area contributed by atoms with Crippen molar-refractivity contribution in [3.05, 3.63) is 65.7 Å². The summed E-state index contributed by atoms with van der Waals surface area (Å²) in [6, 6.07) is 17.2. The molecule has 0 bridgehead atoms. The Kier molecular flexibility index (Phi) is 5.40. The zero-order chi connectivity index (χ0) is 16.9. The normalized spacial score (nSPS) is 18.9. The van der Waals surface area contributed by atoms with Crippen LogP contribution in [-0.4, -0.2) is 36.2 Å². The van der Waals surface area contributed by atoms with E-state index in [1.165, 1.54) is 0 Å². The number of amides is 1. The summed E-state index contributed by atoms with van der Waals surface area (Å²) >= 11 is 4.54. The molecule has 2 aromatic carbocycles. The Morgan fingerprint density at radius 2 is 1.83 bits per heavy atom. The molecule has 1 amide bonds. The average Bonchev–Trinajstić information content (AvgIpc) is 2.64. The van der Waals surface area contributed by atoms with Crippen LogP contribution >= 0.6 is 12.6 Å². The Balaban J connectivity index is 1.88. The van der Waals surface area contributed by atoms with Gasteiger partial charge in [0.05, 0.1) is 24.5 Å². The molecule has 6 heteroatoms. The Hall–Kier alpha value is -2.02. The minimum atomic E-state index is -0.554. The van der Waals surface area contributed by atoms with Crippen molar-refractivity contribution < 1.29 is 14.7 Å². The lowest BCUT2D eigenvalue weighted by molar-refractivity contribution is -0.129. The fraction of sp³-hybridized carbons (Fsp3) is 0.278. The van der Waals surface area contributed by atoms with Gasteiger partial charge in [-0.2, -0.15) is 12.6 Å². The molecule has 1 aliphatic rings. The second kappa shape index (κ2) is 7.70. The molecule has 0 aromatic heterocycles. The first-order chi connectivity index (χ1) is 11.7. The monoisotopic (exact) mass is 344 g/mol. The number of ether oxygens (including phenoxy) is 1. The summed E-state index contributed by atoms with van der Waals surface area (Å²) in [4.78, 5) is 14.3. The van der Waals surface area contributed by atoms with Crippen LogP contribution < -0.4 is 10.4 Å². The van der Waals surface area contributed by atoms with Crippen molar-refractivity contribution in [2.75, 3.05) is 24.7 Å². The van der Waals surface area contributed by atoms with Crippen LogP contribution in [-0.2, 0) is 9.53 Å². The predicted octanol–water partition coefficient (Wildman–Crippen LogP) is 2.42. The van der Waals surface area contributed by atoms with Crippen molar-refractivity contribution >= 4 is 24.2 Å². The molecule has 1 saturated heterocycles. The highest BCUT2D eigenvalue weighted by Gasteiger charge is 2.24. The van der Waals surface area contributed by atoms with Crippen molar-refractivity contribution in [3.63, 3.8) is 0 Å². The van der Waals surface area contributed by atoms with Crippen molar-refractivity contribution in [2.45, 2.75) is 11.3 Å². The molecule has 1 aliphatic heterocycles. The molecule has 0 radical (unpaired) electrons. The zero-order valence-electron chi connectivity index (χ0n) is 13.1. The second-order valence-electron chi connectivity index (χ2n) is 5.66. The van der Waals surface area contributed by atoms with Gasteiger partial charge < -0.3 is 9.64 Å². The van der Waals surface area contributed by atoms with Crippen molar-refractivity contribution in [1.29, 1.82) is 0 Å². The number of nitrogens with one attached hydrogen (secondary N) is 1. The predicted molar refractivity (Wildman–Crippen MR) is 95.6 cm³/mol. The minimum Gasteiger partial charge on any atom is -0.377 e.